The molecule has 0 unspecified atom stereocenters. The smallest absolute Gasteiger partial charge is 0.307 e. The number of amides is 1. The van der Waals surface area contributed by atoms with Crippen molar-refractivity contribution in [1.82, 2.24) is 20.2 Å². The fourth-order valence-electron chi connectivity index (χ4n) is 6.47. The average Bonchev–Trinajstić information content (AvgIpc) is 3.88. The number of nitrogens with zero attached hydrogens (tertiary/aromatic N) is 1. The van der Waals surface area contributed by atoms with E-state index in [1.807, 2.05) is 53.6 Å². The van der Waals surface area contributed by atoms with Crippen molar-refractivity contribution in [3.63, 3.8) is 0 Å². The van der Waals surface area contributed by atoms with Crippen molar-refractivity contribution in [2.24, 2.45) is 0 Å². The van der Waals surface area contributed by atoms with Crippen LogP contribution in [0, 0.1) is 0 Å². The number of carbonyl (C=O) groups excluding carboxylic acids is 1. The SMILES string of the molecule is C[C@@H]1NCc2ccccc21.C[C@H]1c2ccccc2CN1C(=O)Cc1c(Cl)ccc2[nH]ccc12.Cl.O=C(O)Cc1c(Cl)ccc2[nH]ccc12. The van der Waals surface area contributed by atoms with Crippen molar-refractivity contribution >= 4 is 69.3 Å². The largest absolute Gasteiger partial charge is 0.481 e. The quantitative estimate of drug-likeness (QED) is 0.147. The standard InChI is InChI=1S/C19H17ClN2O.C10H8ClNO2.C9H11N.ClH/c1-12-14-5-3-2-4-13(14)11-22(12)19(23)10-16-15-8-9-21-18(15)7-6-17(16)20;11-8-1-2-9-6(3-4-12-9)7(8)5-10(13)14;1-7-9-5-3-2-4-8(9)6-10-7;/h2-9,12,21H,10-11H2,1H3;1-4,12H,5H2,(H,13,14);2-5,7,10H,6H2,1H3;1H/t12-;;7-;/m0.0./s1. The number of rotatable bonds is 4. The molecule has 4 aromatic carbocycles. The molecule has 248 valence electrons. The van der Waals surface area contributed by atoms with Crippen molar-refractivity contribution in [3.05, 3.63) is 141 Å². The van der Waals surface area contributed by atoms with Crippen LogP contribution in [0.5, 0.6) is 0 Å². The maximum atomic E-state index is 12.9. The molecule has 0 bridgehead atoms. The number of hydrogen-bond donors (Lipinski definition) is 4. The Kier molecular flexibility index (Phi) is 11.2. The van der Waals surface area contributed by atoms with Crippen LogP contribution in [0.3, 0.4) is 0 Å². The van der Waals surface area contributed by atoms with E-state index in [2.05, 4.69) is 65.5 Å². The normalized spacial score (nSPS) is 15.9. The molecule has 0 spiro atoms. The van der Waals surface area contributed by atoms with Crippen molar-refractivity contribution in [2.45, 2.75) is 51.9 Å². The van der Waals surface area contributed by atoms with Crippen molar-refractivity contribution in [2.75, 3.05) is 0 Å². The van der Waals surface area contributed by atoms with Gasteiger partial charge < -0.3 is 25.3 Å². The molecule has 2 aliphatic rings. The molecule has 0 aliphatic carbocycles. The summed E-state index contributed by atoms with van der Waals surface area (Å²) in [5.74, 6) is -0.759. The van der Waals surface area contributed by atoms with E-state index in [9.17, 15) is 9.59 Å². The van der Waals surface area contributed by atoms with Crippen molar-refractivity contribution < 1.29 is 14.7 Å². The lowest BCUT2D eigenvalue weighted by Gasteiger charge is -2.22. The molecule has 48 heavy (non-hydrogen) atoms. The number of H-pyrrole nitrogens is 2. The Hall–Kier alpha value is -4.27. The van der Waals surface area contributed by atoms with Gasteiger partial charge in [0.2, 0.25) is 5.91 Å². The highest BCUT2D eigenvalue weighted by molar-refractivity contribution is 6.33. The Balaban J connectivity index is 0.000000153. The number of halogens is 3. The maximum Gasteiger partial charge on any atom is 0.307 e. The van der Waals surface area contributed by atoms with Crippen LogP contribution < -0.4 is 5.32 Å². The molecule has 6 aromatic rings. The summed E-state index contributed by atoms with van der Waals surface area (Å²) >= 11 is 12.3. The predicted octanol–water partition coefficient (Wildman–Crippen LogP) is 9.19. The summed E-state index contributed by atoms with van der Waals surface area (Å²) in [6.45, 7) is 6.00. The maximum absolute atomic E-state index is 12.9. The zero-order valence-electron chi connectivity index (χ0n) is 26.6. The molecule has 8 rings (SSSR count). The summed E-state index contributed by atoms with van der Waals surface area (Å²) in [4.78, 5) is 31.6. The number of aromatic nitrogens is 2. The van der Waals surface area contributed by atoms with Gasteiger partial charge in [-0.05, 0) is 83.6 Å². The van der Waals surface area contributed by atoms with E-state index in [1.54, 1.807) is 12.3 Å². The summed E-state index contributed by atoms with van der Waals surface area (Å²) in [5, 5.41) is 15.2. The third-order valence-electron chi connectivity index (χ3n) is 8.99. The molecule has 0 saturated carbocycles. The van der Waals surface area contributed by atoms with Crippen LogP contribution in [0.4, 0.5) is 0 Å². The fraction of sp³-hybridized carbons (Fsp3) is 0.211. The van der Waals surface area contributed by atoms with E-state index in [1.165, 1.54) is 22.3 Å². The minimum Gasteiger partial charge on any atom is -0.481 e. The molecule has 2 aliphatic heterocycles. The van der Waals surface area contributed by atoms with Crippen LogP contribution in [0.25, 0.3) is 21.8 Å². The first-order valence-electron chi connectivity index (χ1n) is 15.6. The van der Waals surface area contributed by atoms with E-state index in [4.69, 9.17) is 28.3 Å². The Morgan fingerprint density at radius 2 is 1.29 bits per heavy atom. The third kappa shape index (κ3) is 7.40. The number of carboxylic acid groups (broad SMARTS) is 1. The van der Waals surface area contributed by atoms with Crippen LogP contribution >= 0.6 is 35.6 Å². The number of aliphatic carboxylic acids is 1. The fourth-order valence-corrected chi connectivity index (χ4v) is 6.93. The van der Waals surface area contributed by atoms with Crippen LogP contribution in [0.1, 0.15) is 59.3 Å². The first-order valence-corrected chi connectivity index (χ1v) is 16.4. The first kappa shape index (κ1) is 35.0. The number of carbonyl (C=O) groups is 2. The molecule has 0 fully saturated rings. The molecule has 0 radical (unpaired) electrons. The highest BCUT2D eigenvalue weighted by Crippen LogP contribution is 2.35. The van der Waals surface area contributed by atoms with Crippen LogP contribution in [0.2, 0.25) is 10.0 Å². The van der Waals surface area contributed by atoms with Gasteiger partial charge in [-0.15, -0.1) is 12.4 Å². The second-order valence-electron chi connectivity index (χ2n) is 11.9. The summed E-state index contributed by atoms with van der Waals surface area (Å²) in [5.41, 5.74) is 8.88. The van der Waals surface area contributed by atoms with Crippen molar-refractivity contribution in [1.29, 1.82) is 0 Å². The zero-order chi connectivity index (χ0) is 33.1. The van der Waals surface area contributed by atoms with Gasteiger partial charge in [0.1, 0.15) is 0 Å². The van der Waals surface area contributed by atoms with Crippen molar-refractivity contribution in [3.8, 4) is 0 Å². The van der Waals surface area contributed by atoms with E-state index < -0.39 is 5.97 Å². The number of benzene rings is 4. The van der Waals surface area contributed by atoms with Gasteiger partial charge in [0.15, 0.2) is 0 Å². The van der Waals surface area contributed by atoms with Crippen LogP contribution in [-0.4, -0.2) is 31.9 Å². The first-order chi connectivity index (χ1) is 22.7. The van der Waals surface area contributed by atoms with Gasteiger partial charge >= 0.3 is 5.97 Å². The molecule has 4 N–H and O–H groups in total. The van der Waals surface area contributed by atoms with Gasteiger partial charge in [-0.25, -0.2) is 0 Å². The molecular formula is C38H37Cl3N4O3. The minimum absolute atomic E-state index is 0. The minimum atomic E-state index is -0.874. The second-order valence-corrected chi connectivity index (χ2v) is 12.7. The summed E-state index contributed by atoms with van der Waals surface area (Å²) in [6.07, 6.45) is 3.93. The molecule has 1 amide bonds. The zero-order valence-corrected chi connectivity index (χ0v) is 28.9. The molecule has 7 nitrogen and oxygen atoms in total. The summed E-state index contributed by atoms with van der Waals surface area (Å²) in [7, 11) is 0. The Bertz CT molecular complexity index is 2070. The number of nitrogens with one attached hydrogen (secondary N) is 3. The van der Waals surface area contributed by atoms with Gasteiger partial charge in [0.25, 0.3) is 0 Å². The molecule has 2 atom stereocenters. The van der Waals surface area contributed by atoms with E-state index in [-0.39, 0.29) is 30.8 Å². The number of hydrogen-bond acceptors (Lipinski definition) is 3. The number of fused-ring (bicyclic) bond motifs is 4. The summed E-state index contributed by atoms with van der Waals surface area (Å²) < 4.78 is 0. The van der Waals surface area contributed by atoms with E-state index in [0.717, 1.165) is 33.9 Å². The number of carboxylic acids is 1. The second kappa shape index (κ2) is 15.3. The topological polar surface area (TPSA) is 101 Å². The highest BCUT2D eigenvalue weighted by Gasteiger charge is 2.30. The molecule has 0 saturated heterocycles. The Morgan fingerprint density at radius 3 is 1.85 bits per heavy atom. The van der Waals surface area contributed by atoms with Gasteiger partial charge in [0.05, 0.1) is 18.9 Å². The lowest BCUT2D eigenvalue weighted by Crippen LogP contribution is -2.29. The van der Waals surface area contributed by atoms with Gasteiger partial charge in [-0.2, -0.15) is 0 Å². The van der Waals surface area contributed by atoms with Gasteiger partial charge in [0, 0.05) is 63.4 Å². The van der Waals surface area contributed by atoms with Crippen LogP contribution in [-0.2, 0) is 35.5 Å². The molecule has 4 heterocycles. The number of aromatic amines is 2. The highest BCUT2D eigenvalue weighted by atomic mass is 35.5. The monoisotopic (exact) mass is 702 g/mol. The Labute approximate surface area is 295 Å². The van der Waals surface area contributed by atoms with E-state index in [0.29, 0.717) is 34.6 Å². The lowest BCUT2D eigenvalue weighted by molar-refractivity contribution is -0.136. The van der Waals surface area contributed by atoms with Gasteiger partial charge in [-0.1, -0.05) is 71.7 Å². The third-order valence-corrected chi connectivity index (χ3v) is 9.70. The molecule has 2 aromatic heterocycles. The molecular weight excluding hydrogens is 667 g/mol. The lowest BCUT2D eigenvalue weighted by atomic mass is 10.1. The Morgan fingerprint density at radius 1 is 0.750 bits per heavy atom. The molecule has 10 heteroatoms. The van der Waals surface area contributed by atoms with E-state index >= 15 is 0 Å². The average molecular weight is 704 g/mol. The van der Waals surface area contributed by atoms with Crippen LogP contribution in [0.15, 0.2) is 97.3 Å². The van der Waals surface area contributed by atoms with Gasteiger partial charge in [-0.3, -0.25) is 9.59 Å². The summed E-state index contributed by atoms with van der Waals surface area (Å²) in [6, 6.07) is 28.6. The predicted molar refractivity (Wildman–Crippen MR) is 196 cm³/mol.